The van der Waals surface area contributed by atoms with E-state index in [0.717, 1.165) is 16.1 Å². The zero-order valence-electron chi connectivity index (χ0n) is 12.1. The first kappa shape index (κ1) is 15.3. The SMILES string of the molecule is CC(C)c1ccccc1NC(=O)c1csc(C#CCN)c1. The Labute approximate surface area is 129 Å². The molecule has 0 aliphatic carbocycles. The standard InChI is InChI=1S/C17H18N2OS/c1-12(2)15-7-3-4-8-16(15)19-17(20)13-10-14(21-11-13)6-5-9-18/h3-4,7-8,10-12H,9,18H2,1-2H3,(H,19,20). The minimum absolute atomic E-state index is 0.111. The molecule has 0 atom stereocenters. The van der Waals surface area contributed by atoms with Crippen LogP contribution in [-0.4, -0.2) is 12.5 Å². The maximum atomic E-state index is 12.3. The highest BCUT2D eigenvalue weighted by atomic mass is 32.1. The third-order valence-corrected chi connectivity index (χ3v) is 3.85. The lowest BCUT2D eigenvalue weighted by molar-refractivity contribution is 0.102. The fraction of sp³-hybridized carbons (Fsp3) is 0.235. The topological polar surface area (TPSA) is 55.1 Å². The molecule has 0 aliphatic rings. The number of benzene rings is 1. The summed E-state index contributed by atoms with van der Waals surface area (Å²) in [6, 6.07) is 9.66. The predicted octanol–water partition coefficient (Wildman–Crippen LogP) is 3.43. The quantitative estimate of drug-likeness (QED) is 0.853. The van der Waals surface area contributed by atoms with E-state index in [4.69, 9.17) is 5.73 Å². The molecular weight excluding hydrogens is 280 g/mol. The van der Waals surface area contributed by atoms with Gasteiger partial charge in [0.1, 0.15) is 0 Å². The minimum Gasteiger partial charge on any atom is -0.322 e. The van der Waals surface area contributed by atoms with E-state index in [9.17, 15) is 4.79 Å². The number of anilines is 1. The van der Waals surface area contributed by atoms with Crippen LogP contribution in [0.2, 0.25) is 0 Å². The average molecular weight is 298 g/mol. The van der Waals surface area contributed by atoms with Crippen molar-refractivity contribution in [3.05, 3.63) is 51.7 Å². The first-order chi connectivity index (χ1) is 10.1. The summed E-state index contributed by atoms with van der Waals surface area (Å²) in [7, 11) is 0. The van der Waals surface area contributed by atoms with Crippen molar-refractivity contribution in [2.75, 3.05) is 11.9 Å². The Bertz CT molecular complexity index is 692. The molecule has 0 bridgehead atoms. The third-order valence-electron chi connectivity index (χ3n) is 3.01. The molecule has 0 aliphatic heterocycles. The molecule has 108 valence electrons. The number of thiophene rings is 1. The maximum absolute atomic E-state index is 12.3. The highest BCUT2D eigenvalue weighted by Crippen LogP contribution is 2.24. The summed E-state index contributed by atoms with van der Waals surface area (Å²) in [6.45, 7) is 4.54. The van der Waals surface area contributed by atoms with Crippen molar-refractivity contribution in [3.8, 4) is 11.8 Å². The van der Waals surface area contributed by atoms with Crippen molar-refractivity contribution in [1.82, 2.24) is 0 Å². The summed E-state index contributed by atoms with van der Waals surface area (Å²) >= 11 is 1.45. The van der Waals surface area contributed by atoms with Gasteiger partial charge in [0.05, 0.1) is 17.0 Å². The lowest BCUT2D eigenvalue weighted by Crippen LogP contribution is -2.12. The van der Waals surface area contributed by atoms with Gasteiger partial charge in [-0.15, -0.1) is 11.3 Å². The van der Waals surface area contributed by atoms with Crippen LogP contribution in [0, 0.1) is 11.8 Å². The number of para-hydroxylation sites is 1. The molecule has 0 saturated heterocycles. The smallest absolute Gasteiger partial charge is 0.256 e. The van der Waals surface area contributed by atoms with Crippen molar-refractivity contribution in [3.63, 3.8) is 0 Å². The molecule has 1 aromatic carbocycles. The number of amides is 1. The third kappa shape index (κ3) is 3.94. The van der Waals surface area contributed by atoms with Gasteiger partial charge in [-0.3, -0.25) is 4.79 Å². The van der Waals surface area contributed by atoms with E-state index >= 15 is 0 Å². The van der Waals surface area contributed by atoms with Gasteiger partial charge < -0.3 is 11.1 Å². The fourth-order valence-electron chi connectivity index (χ4n) is 1.97. The van der Waals surface area contributed by atoms with Gasteiger partial charge in [0, 0.05) is 11.1 Å². The second-order valence-electron chi connectivity index (χ2n) is 4.90. The molecular formula is C17H18N2OS. The van der Waals surface area contributed by atoms with Gasteiger partial charge in [0.25, 0.3) is 5.91 Å². The molecule has 3 nitrogen and oxygen atoms in total. The van der Waals surface area contributed by atoms with Gasteiger partial charge in [-0.25, -0.2) is 0 Å². The summed E-state index contributed by atoms with van der Waals surface area (Å²) < 4.78 is 0. The van der Waals surface area contributed by atoms with Crippen molar-refractivity contribution < 1.29 is 4.79 Å². The Balaban J connectivity index is 2.17. The Kier molecular flexibility index (Phi) is 5.15. The van der Waals surface area contributed by atoms with Gasteiger partial charge in [0.15, 0.2) is 0 Å². The maximum Gasteiger partial charge on any atom is 0.256 e. The van der Waals surface area contributed by atoms with Gasteiger partial charge in [-0.1, -0.05) is 43.9 Å². The van der Waals surface area contributed by atoms with Crippen LogP contribution in [0.4, 0.5) is 5.69 Å². The van der Waals surface area contributed by atoms with Gasteiger partial charge in [-0.2, -0.15) is 0 Å². The number of nitrogens with two attached hydrogens (primary N) is 1. The monoisotopic (exact) mass is 298 g/mol. The van der Waals surface area contributed by atoms with E-state index in [2.05, 4.69) is 31.0 Å². The summed E-state index contributed by atoms with van der Waals surface area (Å²) in [5, 5.41) is 4.79. The van der Waals surface area contributed by atoms with Gasteiger partial charge in [0.2, 0.25) is 0 Å². The first-order valence-corrected chi connectivity index (χ1v) is 7.67. The number of hydrogen-bond acceptors (Lipinski definition) is 3. The summed E-state index contributed by atoms with van der Waals surface area (Å²) in [4.78, 5) is 13.1. The Morgan fingerprint density at radius 3 is 2.86 bits per heavy atom. The van der Waals surface area contributed by atoms with Crippen molar-refractivity contribution in [2.24, 2.45) is 5.73 Å². The van der Waals surface area contributed by atoms with E-state index in [1.807, 2.05) is 29.6 Å². The molecule has 1 aromatic heterocycles. The highest BCUT2D eigenvalue weighted by Gasteiger charge is 2.12. The molecule has 0 radical (unpaired) electrons. The molecule has 1 heterocycles. The molecule has 0 unspecified atom stereocenters. The van der Waals surface area contributed by atoms with Crippen molar-refractivity contribution in [2.45, 2.75) is 19.8 Å². The zero-order chi connectivity index (χ0) is 15.2. The second-order valence-corrected chi connectivity index (χ2v) is 5.81. The Hall–Kier alpha value is -2.09. The molecule has 0 spiro atoms. The van der Waals surface area contributed by atoms with Crippen LogP contribution in [0.1, 0.15) is 40.6 Å². The molecule has 0 fully saturated rings. The summed E-state index contributed by atoms with van der Waals surface area (Å²) in [6.07, 6.45) is 0. The van der Waals surface area contributed by atoms with Gasteiger partial charge >= 0.3 is 0 Å². The number of carbonyl (C=O) groups is 1. The highest BCUT2D eigenvalue weighted by molar-refractivity contribution is 7.10. The summed E-state index contributed by atoms with van der Waals surface area (Å²) in [5.74, 6) is 5.97. The van der Waals surface area contributed by atoms with Crippen LogP contribution in [0.3, 0.4) is 0 Å². The van der Waals surface area contributed by atoms with E-state index in [1.54, 1.807) is 6.07 Å². The molecule has 3 N–H and O–H groups in total. The zero-order valence-corrected chi connectivity index (χ0v) is 13.0. The van der Waals surface area contributed by atoms with E-state index in [0.29, 0.717) is 18.0 Å². The van der Waals surface area contributed by atoms with Crippen LogP contribution >= 0.6 is 11.3 Å². The number of nitrogens with one attached hydrogen (secondary N) is 1. The molecule has 1 amide bonds. The molecule has 4 heteroatoms. The van der Waals surface area contributed by atoms with Crippen LogP contribution in [0.15, 0.2) is 35.7 Å². The molecule has 0 saturated carbocycles. The molecule has 21 heavy (non-hydrogen) atoms. The van der Waals surface area contributed by atoms with Crippen LogP contribution in [0.5, 0.6) is 0 Å². The summed E-state index contributed by atoms with van der Waals surface area (Å²) in [5.41, 5.74) is 7.96. The van der Waals surface area contributed by atoms with E-state index in [1.165, 1.54) is 11.3 Å². The lowest BCUT2D eigenvalue weighted by Gasteiger charge is -2.13. The predicted molar refractivity (Wildman–Crippen MR) is 88.7 cm³/mol. The van der Waals surface area contributed by atoms with Crippen molar-refractivity contribution in [1.29, 1.82) is 0 Å². The Morgan fingerprint density at radius 2 is 2.14 bits per heavy atom. The van der Waals surface area contributed by atoms with E-state index in [-0.39, 0.29) is 5.91 Å². The normalized spacial score (nSPS) is 10.1. The fourth-order valence-corrected chi connectivity index (χ4v) is 2.72. The lowest BCUT2D eigenvalue weighted by atomic mass is 10.0. The van der Waals surface area contributed by atoms with Crippen LogP contribution in [0.25, 0.3) is 0 Å². The Morgan fingerprint density at radius 1 is 1.38 bits per heavy atom. The largest absolute Gasteiger partial charge is 0.322 e. The minimum atomic E-state index is -0.111. The van der Waals surface area contributed by atoms with Crippen LogP contribution < -0.4 is 11.1 Å². The first-order valence-electron chi connectivity index (χ1n) is 6.79. The van der Waals surface area contributed by atoms with Gasteiger partial charge in [-0.05, 0) is 23.6 Å². The second kappa shape index (κ2) is 7.07. The number of hydrogen-bond donors (Lipinski definition) is 2. The number of rotatable bonds is 3. The number of carbonyl (C=O) groups excluding carboxylic acids is 1. The van der Waals surface area contributed by atoms with E-state index < -0.39 is 0 Å². The molecule has 2 rings (SSSR count). The average Bonchev–Trinajstić information content (AvgIpc) is 2.94. The van der Waals surface area contributed by atoms with Crippen LogP contribution in [-0.2, 0) is 0 Å². The molecule has 2 aromatic rings. The van der Waals surface area contributed by atoms with Crippen molar-refractivity contribution >= 4 is 22.9 Å².